The van der Waals surface area contributed by atoms with Gasteiger partial charge in [-0.05, 0) is 50.0 Å². The van der Waals surface area contributed by atoms with Crippen LogP contribution in [0.3, 0.4) is 0 Å². The minimum atomic E-state index is -0.252. The van der Waals surface area contributed by atoms with E-state index in [1.54, 1.807) is 4.40 Å². The maximum atomic E-state index is 13.4. The summed E-state index contributed by atoms with van der Waals surface area (Å²) in [5.41, 5.74) is 1.13. The van der Waals surface area contributed by atoms with E-state index < -0.39 is 0 Å². The van der Waals surface area contributed by atoms with Crippen LogP contribution in [0.1, 0.15) is 6.42 Å². The Balaban J connectivity index is 0.00000205. The highest BCUT2D eigenvalue weighted by Crippen LogP contribution is 2.34. The molecule has 3 aromatic carbocycles. The summed E-state index contributed by atoms with van der Waals surface area (Å²) in [6.07, 6.45) is 0.748. The van der Waals surface area contributed by atoms with E-state index in [1.165, 1.54) is 4.57 Å². The van der Waals surface area contributed by atoms with Crippen LogP contribution in [0.5, 0.6) is 0 Å². The molecule has 5 aromatic rings. The molecule has 148 valence electrons. The molecule has 0 aliphatic heterocycles. The number of hydrogen-bond donors (Lipinski definition) is 0. The molecule has 0 N–H and O–H groups in total. The third-order valence-corrected chi connectivity index (χ3v) is 5.56. The quantitative estimate of drug-likeness (QED) is 0.456. The van der Waals surface area contributed by atoms with Gasteiger partial charge in [-0.3, -0.25) is 13.8 Å². The Bertz CT molecular complexity index is 1470. The van der Waals surface area contributed by atoms with Gasteiger partial charge in [-0.2, -0.15) is 0 Å². The van der Waals surface area contributed by atoms with E-state index in [1.807, 2.05) is 56.6 Å². The van der Waals surface area contributed by atoms with E-state index >= 15 is 0 Å². The first kappa shape index (κ1) is 19.4. The van der Waals surface area contributed by atoms with Gasteiger partial charge in [-0.15, -0.1) is 12.4 Å². The van der Waals surface area contributed by atoms with Crippen molar-refractivity contribution in [1.29, 1.82) is 0 Å². The Morgan fingerprint density at radius 1 is 0.862 bits per heavy atom. The summed E-state index contributed by atoms with van der Waals surface area (Å²) in [4.78, 5) is 28.5. The van der Waals surface area contributed by atoms with Crippen molar-refractivity contribution >= 4 is 50.4 Å². The second-order valence-electron chi connectivity index (χ2n) is 7.61. The van der Waals surface area contributed by atoms with Gasteiger partial charge in [0.25, 0.3) is 5.56 Å². The van der Waals surface area contributed by atoms with Crippen molar-refractivity contribution in [3.63, 3.8) is 0 Å². The number of nitrogens with zero attached hydrogens (tertiary/aromatic N) is 3. The molecule has 0 radical (unpaired) electrons. The van der Waals surface area contributed by atoms with Gasteiger partial charge in [0.2, 0.25) is 0 Å². The first-order valence-electron chi connectivity index (χ1n) is 9.54. The van der Waals surface area contributed by atoms with Crippen LogP contribution in [0.25, 0.3) is 38.0 Å². The summed E-state index contributed by atoms with van der Waals surface area (Å²) < 4.78 is 3.11. The van der Waals surface area contributed by atoms with Gasteiger partial charge in [-0.25, -0.2) is 4.79 Å². The third-order valence-electron chi connectivity index (χ3n) is 5.56. The van der Waals surface area contributed by atoms with Crippen LogP contribution in [0, 0.1) is 0 Å². The van der Waals surface area contributed by atoms with E-state index in [0.717, 1.165) is 45.5 Å². The normalized spacial score (nSPS) is 11.8. The summed E-state index contributed by atoms with van der Waals surface area (Å²) in [7, 11) is 3.98. The van der Waals surface area contributed by atoms with Crippen LogP contribution in [0.15, 0.2) is 64.2 Å². The summed E-state index contributed by atoms with van der Waals surface area (Å²) >= 11 is 0. The molecule has 0 bridgehead atoms. The molecule has 0 spiro atoms. The molecule has 0 amide bonds. The first-order valence-corrected chi connectivity index (χ1v) is 9.54. The van der Waals surface area contributed by atoms with Crippen molar-refractivity contribution in [1.82, 2.24) is 13.9 Å². The fourth-order valence-electron chi connectivity index (χ4n) is 4.30. The second-order valence-corrected chi connectivity index (χ2v) is 7.61. The number of para-hydroxylation sites is 1. The smallest absolute Gasteiger partial charge is 0.309 e. The highest BCUT2D eigenvalue weighted by atomic mass is 35.5. The van der Waals surface area contributed by atoms with E-state index in [-0.39, 0.29) is 23.7 Å². The van der Waals surface area contributed by atoms with Gasteiger partial charge < -0.3 is 4.90 Å². The van der Waals surface area contributed by atoms with Gasteiger partial charge in [-0.1, -0.05) is 42.5 Å². The number of rotatable bonds is 4. The molecule has 0 aliphatic carbocycles. The molecular weight excluding hydrogens is 386 g/mol. The molecule has 0 saturated heterocycles. The van der Waals surface area contributed by atoms with Crippen LogP contribution in [0.2, 0.25) is 0 Å². The van der Waals surface area contributed by atoms with E-state index in [2.05, 4.69) is 17.0 Å². The molecule has 29 heavy (non-hydrogen) atoms. The van der Waals surface area contributed by atoms with Gasteiger partial charge in [0.1, 0.15) is 0 Å². The summed E-state index contributed by atoms with van der Waals surface area (Å²) in [6, 6.07) is 17.9. The fraction of sp³-hybridized carbons (Fsp3) is 0.217. The standard InChI is InChI=1S/C23H21N3O2.ClH/c1-24(2)13-6-14-25-22(27)18-10-5-9-17-20-16-8-4-3-7-15(16)11-12-19(20)26(21(17)18)23(25)28;/h3-5,7-12H,6,13-14H2,1-2H3;1H. The van der Waals surface area contributed by atoms with Gasteiger partial charge in [0.05, 0.1) is 16.4 Å². The molecule has 0 aliphatic rings. The van der Waals surface area contributed by atoms with E-state index in [9.17, 15) is 9.59 Å². The molecule has 0 atom stereocenters. The maximum Gasteiger partial charge on any atom is 0.336 e. The monoisotopic (exact) mass is 407 g/mol. The maximum absolute atomic E-state index is 13.4. The Morgan fingerprint density at radius 3 is 2.38 bits per heavy atom. The summed E-state index contributed by atoms with van der Waals surface area (Å²) in [5.74, 6) is 0. The number of aromatic nitrogens is 2. The highest BCUT2D eigenvalue weighted by molar-refractivity contribution is 6.23. The van der Waals surface area contributed by atoms with Gasteiger partial charge in [0, 0.05) is 17.3 Å². The van der Waals surface area contributed by atoms with Crippen LogP contribution in [-0.2, 0) is 6.54 Å². The van der Waals surface area contributed by atoms with Gasteiger partial charge >= 0.3 is 5.69 Å². The topological polar surface area (TPSA) is 46.7 Å². The van der Waals surface area contributed by atoms with Crippen LogP contribution in [-0.4, -0.2) is 34.5 Å². The Hall–Kier alpha value is -2.89. The lowest BCUT2D eigenvalue weighted by molar-refractivity contribution is 0.382. The van der Waals surface area contributed by atoms with Crippen molar-refractivity contribution in [3.05, 3.63) is 75.4 Å². The van der Waals surface area contributed by atoms with Crippen molar-refractivity contribution in [2.75, 3.05) is 20.6 Å². The Labute approximate surface area is 173 Å². The molecule has 5 nitrogen and oxygen atoms in total. The third kappa shape index (κ3) is 2.81. The van der Waals surface area contributed by atoms with Crippen molar-refractivity contribution < 1.29 is 0 Å². The average Bonchev–Trinajstić information content (AvgIpc) is 3.04. The fourth-order valence-corrected chi connectivity index (χ4v) is 4.30. The lowest BCUT2D eigenvalue weighted by atomic mass is 10.0. The number of fused-ring (bicyclic) bond motifs is 5. The SMILES string of the molecule is CN(C)CCCn1c(=O)c2cccc3c4c5ccccc5ccc4n(c1=O)c23.Cl. The minimum absolute atomic E-state index is 0. The molecule has 5 rings (SSSR count). The van der Waals surface area contributed by atoms with Crippen molar-refractivity contribution in [2.45, 2.75) is 13.0 Å². The van der Waals surface area contributed by atoms with Gasteiger partial charge in [0.15, 0.2) is 0 Å². The Morgan fingerprint density at radius 2 is 1.59 bits per heavy atom. The largest absolute Gasteiger partial charge is 0.336 e. The number of hydrogen-bond acceptors (Lipinski definition) is 3. The highest BCUT2D eigenvalue weighted by Gasteiger charge is 2.19. The van der Waals surface area contributed by atoms with Crippen molar-refractivity contribution in [2.24, 2.45) is 0 Å². The lowest BCUT2D eigenvalue weighted by Gasteiger charge is -2.11. The Kier molecular flexibility index (Phi) is 4.81. The second kappa shape index (κ2) is 7.17. The zero-order chi connectivity index (χ0) is 19.4. The molecule has 0 saturated carbocycles. The molecule has 2 heterocycles. The van der Waals surface area contributed by atoms with Crippen molar-refractivity contribution in [3.8, 4) is 0 Å². The predicted octanol–water partition coefficient (Wildman–Crippen LogP) is 3.73. The number of benzene rings is 3. The molecule has 0 fully saturated rings. The number of halogens is 1. The average molecular weight is 408 g/mol. The van der Waals surface area contributed by atoms with Crippen LogP contribution >= 0.6 is 12.4 Å². The van der Waals surface area contributed by atoms with E-state index in [4.69, 9.17) is 0 Å². The molecule has 6 heteroatoms. The molecule has 2 aromatic heterocycles. The summed E-state index contributed by atoms with van der Waals surface area (Å²) in [5, 5.41) is 4.81. The first-order chi connectivity index (χ1) is 13.6. The minimum Gasteiger partial charge on any atom is -0.309 e. The molecular formula is C23H22ClN3O2. The summed E-state index contributed by atoms with van der Waals surface area (Å²) in [6.45, 7) is 1.24. The molecule has 0 unspecified atom stereocenters. The lowest BCUT2D eigenvalue weighted by Crippen LogP contribution is -2.37. The van der Waals surface area contributed by atoms with Crippen LogP contribution in [0.4, 0.5) is 0 Å². The van der Waals surface area contributed by atoms with Crippen LogP contribution < -0.4 is 11.2 Å². The van der Waals surface area contributed by atoms with E-state index in [0.29, 0.717) is 11.9 Å². The predicted molar refractivity (Wildman–Crippen MR) is 122 cm³/mol. The zero-order valence-electron chi connectivity index (χ0n) is 16.4. The zero-order valence-corrected chi connectivity index (χ0v) is 17.2.